The van der Waals surface area contributed by atoms with E-state index in [1.165, 1.54) is 34.3 Å². The Morgan fingerprint density at radius 3 is 2.61 bits per heavy atom. The van der Waals surface area contributed by atoms with E-state index in [2.05, 4.69) is 68.4 Å². The van der Waals surface area contributed by atoms with E-state index in [9.17, 15) is 4.79 Å². The van der Waals surface area contributed by atoms with Crippen LogP contribution in [0.25, 0.3) is 10.8 Å². The summed E-state index contributed by atoms with van der Waals surface area (Å²) >= 11 is 0. The van der Waals surface area contributed by atoms with Gasteiger partial charge in [0.15, 0.2) is 0 Å². The molecule has 1 saturated heterocycles. The molecule has 2 aromatic carbocycles. The molecule has 0 bridgehead atoms. The van der Waals surface area contributed by atoms with Gasteiger partial charge in [-0.2, -0.15) is 0 Å². The van der Waals surface area contributed by atoms with E-state index in [0.29, 0.717) is 17.4 Å². The highest BCUT2D eigenvalue weighted by Gasteiger charge is 2.34. The van der Waals surface area contributed by atoms with Gasteiger partial charge in [-0.1, -0.05) is 36.4 Å². The number of primary amides is 1. The van der Waals surface area contributed by atoms with Gasteiger partial charge in [-0.05, 0) is 28.0 Å². The summed E-state index contributed by atoms with van der Waals surface area (Å²) in [6.07, 6.45) is 5.29. The van der Waals surface area contributed by atoms with E-state index in [1.54, 1.807) is 0 Å². The Morgan fingerprint density at radius 1 is 1.07 bits per heavy atom. The molecule has 1 aromatic heterocycles. The highest BCUT2D eigenvalue weighted by atomic mass is 16.1. The molecule has 3 aromatic rings. The minimum atomic E-state index is -0.503. The molecule has 2 aliphatic heterocycles. The molecule has 140 valence electrons. The van der Waals surface area contributed by atoms with Gasteiger partial charge < -0.3 is 15.5 Å². The van der Waals surface area contributed by atoms with Gasteiger partial charge in [0.05, 0.1) is 5.56 Å². The van der Waals surface area contributed by atoms with Crippen LogP contribution in [0.2, 0.25) is 0 Å². The maximum atomic E-state index is 11.2. The highest BCUT2D eigenvalue weighted by molar-refractivity contribution is 5.92. The second-order valence-corrected chi connectivity index (χ2v) is 7.53. The highest BCUT2D eigenvalue weighted by Crippen LogP contribution is 2.32. The first-order chi connectivity index (χ1) is 13.7. The third kappa shape index (κ3) is 3.07. The summed E-state index contributed by atoms with van der Waals surface area (Å²) in [5.74, 6) is 0.651. The molecule has 2 aliphatic rings. The lowest BCUT2D eigenvalue weighted by Gasteiger charge is -2.21. The Balaban J connectivity index is 1.27. The molecule has 0 spiro atoms. The number of carbonyl (C=O) groups excluding carboxylic acids is 1. The van der Waals surface area contributed by atoms with Crippen LogP contribution in [-0.4, -0.2) is 40.4 Å². The fraction of sp³-hybridized carbons (Fsp3) is 0.227. The standard InChI is InChI=1S/C22H21N5O/c23-21(28)18-8-24-22(25-9-18)27-13-19-11-26(12-20(19)14-27)10-15-5-6-16-3-1-2-4-17(16)7-15/h1-9,11,20H,10,12-14H2,(H2,23,28). The van der Waals surface area contributed by atoms with Crippen LogP contribution in [0.4, 0.5) is 5.95 Å². The molecule has 1 amide bonds. The maximum absolute atomic E-state index is 11.2. The number of aromatic nitrogens is 2. The normalized spacial score (nSPS) is 18.4. The number of fused-ring (bicyclic) bond motifs is 2. The number of anilines is 1. The fourth-order valence-corrected chi connectivity index (χ4v) is 4.13. The second-order valence-electron chi connectivity index (χ2n) is 7.53. The van der Waals surface area contributed by atoms with Crippen molar-refractivity contribution in [2.24, 2.45) is 11.7 Å². The lowest BCUT2D eigenvalue weighted by atomic mass is 10.1. The molecular formula is C22H21N5O. The minimum absolute atomic E-state index is 0.337. The number of hydrogen-bond acceptors (Lipinski definition) is 5. The van der Waals surface area contributed by atoms with Crippen molar-refractivity contribution in [3.8, 4) is 0 Å². The summed E-state index contributed by atoms with van der Waals surface area (Å²) in [7, 11) is 0. The number of nitrogens with zero attached hydrogens (tertiary/aromatic N) is 4. The van der Waals surface area contributed by atoms with Gasteiger partial charge in [-0.15, -0.1) is 0 Å². The van der Waals surface area contributed by atoms with Crippen molar-refractivity contribution in [1.82, 2.24) is 14.9 Å². The molecule has 28 heavy (non-hydrogen) atoms. The van der Waals surface area contributed by atoms with E-state index in [0.717, 1.165) is 26.2 Å². The van der Waals surface area contributed by atoms with Crippen LogP contribution in [0, 0.1) is 5.92 Å². The first-order valence-corrected chi connectivity index (χ1v) is 9.45. The molecule has 0 radical (unpaired) electrons. The summed E-state index contributed by atoms with van der Waals surface area (Å²) in [4.78, 5) is 24.3. The third-order valence-electron chi connectivity index (χ3n) is 5.55. The van der Waals surface area contributed by atoms with E-state index in [-0.39, 0.29) is 0 Å². The number of amides is 1. The van der Waals surface area contributed by atoms with Crippen molar-refractivity contribution >= 4 is 22.6 Å². The van der Waals surface area contributed by atoms with E-state index < -0.39 is 5.91 Å². The molecule has 1 unspecified atom stereocenters. The van der Waals surface area contributed by atoms with Crippen LogP contribution >= 0.6 is 0 Å². The molecule has 6 nitrogen and oxygen atoms in total. The smallest absolute Gasteiger partial charge is 0.251 e. The number of benzene rings is 2. The first-order valence-electron chi connectivity index (χ1n) is 9.45. The van der Waals surface area contributed by atoms with Crippen molar-refractivity contribution in [2.75, 3.05) is 24.5 Å². The number of nitrogens with two attached hydrogens (primary N) is 1. The summed E-state index contributed by atoms with van der Waals surface area (Å²) in [6.45, 7) is 3.66. The molecule has 6 heteroatoms. The second kappa shape index (κ2) is 6.64. The summed E-state index contributed by atoms with van der Waals surface area (Å²) in [5.41, 5.74) is 8.34. The Morgan fingerprint density at radius 2 is 1.86 bits per heavy atom. The van der Waals surface area contributed by atoms with Gasteiger partial charge in [0.25, 0.3) is 5.91 Å². The average molecular weight is 371 g/mol. The lowest BCUT2D eigenvalue weighted by Crippen LogP contribution is -2.27. The van der Waals surface area contributed by atoms with Crippen molar-refractivity contribution in [3.05, 3.63) is 77.8 Å². The summed E-state index contributed by atoms with van der Waals surface area (Å²) in [5, 5.41) is 2.57. The van der Waals surface area contributed by atoms with E-state index in [1.807, 2.05) is 0 Å². The van der Waals surface area contributed by atoms with Gasteiger partial charge in [0, 0.05) is 50.7 Å². The Hall–Kier alpha value is -3.41. The third-order valence-corrected chi connectivity index (χ3v) is 5.55. The van der Waals surface area contributed by atoms with Crippen molar-refractivity contribution in [1.29, 1.82) is 0 Å². The maximum Gasteiger partial charge on any atom is 0.251 e. The van der Waals surface area contributed by atoms with Gasteiger partial charge in [-0.3, -0.25) is 4.79 Å². The van der Waals surface area contributed by atoms with Crippen molar-refractivity contribution < 1.29 is 4.79 Å². The number of carbonyl (C=O) groups is 1. The lowest BCUT2D eigenvalue weighted by molar-refractivity contribution is 0.0999. The Labute approximate surface area is 163 Å². The monoisotopic (exact) mass is 371 g/mol. The van der Waals surface area contributed by atoms with Gasteiger partial charge in [-0.25, -0.2) is 9.97 Å². The summed E-state index contributed by atoms with van der Waals surface area (Å²) in [6, 6.07) is 15.2. The van der Waals surface area contributed by atoms with Crippen molar-refractivity contribution in [3.63, 3.8) is 0 Å². The zero-order valence-electron chi connectivity index (χ0n) is 15.5. The Kier molecular flexibility index (Phi) is 3.97. The number of rotatable bonds is 4. The zero-order valence-corrected chi connectivity index (χ0v) is 15.5. The molecule has 0 aliphatic carbocycles. The van der Waals surface area contributed by atoms with Crippen LogP contribution in [0.15, 0.2) is 66.6 Å². The van der Waals surface area contributed by atoms with Crippen LogP contribution in [-0.2, 0) is 6.54 Å². The predicted octanol–water partition coefficient (Wildman–Crippen LogP) is 2.56. The largest absolute Gasteiger partial charge is 0.372 e. The summed E-state index contributed by atoms with van der Waals surface area (Å²) < 4.78 is 0. The molecular weight excluding hydrogens is 350 g/mol. The first kappa shape index (κ1) is 16.7. The van der Waals surface area contributed by atoms with Crippen molar-refractivity contribution in [2.45, 2.75) is 6.54 Å². The van der Waals surface area contributed by atoms with Crippen LogP contribution in [0.5, 0.6) is 0 Å². The predicted molar refractivity (Wildman–Crippen MR) is 109 cm³/mol. The van der Waals surface area contributed by atoms with Gasteiger partial charge in [0.1, 0.15) is 0 Å². The number of hydrogen-bond donors (Lipinski definition) is 1. The van der Waals surface area contributed by atoms with E-state index >= 15 is 0 Å². The van der Waals surface area contributed by atoms with Gasteiger partial charge in [0.2, 0.25) is 5.95 Å². The molecule has 1 fully saturated rings. The topological polar surface area (TPSA) is 75.4 Å². The molecule has 3 heterocycles. The SMILES string of the molecule is NC(=O)c1cnc(N2CC3=CN(Cc4ccc5ccccc5c4)CC3C2)nc1. The van der Waals surface area contributed by atoms with Crippen LogP contribution < -0.4 is 10.6 Å². The minimum Gasteiger partial charge on any atom is -0.372 e. The zero-order chi connectivity index (χ0) is 19.1. The molecule has 5 rings (SSSR count). The van der Waals surface area contributed by atoms with Crippen LogP contribution in [0.1, 0.15) is 15.9 Å². The van der Waals surface area contributed by atoms with E-state index in [4.69, 9.17) is 5.73 Å². The molecule has 1 atom stereocenters. The fourth-order valence-electron chi connectivity index (χ4n) is 4.13. The Bertz CT molecular complexity index is 1080. The molecule has 0 saturated carbocycles. The quantitative estimate of drug-likeness (QED) is 0.763. The van der Waals surface area contributed by atoms with Gasteiger partial charge >= 0.3 is 0 Å². The molecule has 2 N–H and O–H groups in total. The van der Waals surface area contributed by atoms with Crippen LogP contribution in [0.3, 0.4) is 0 Å². The average Bonchev–Trinajstić information content (AvgIpc) is 3.26.